The smallest absolute Gasteiger partial charge is 0.348 e. The SMILES string of the molecule is CCOC(=O)c1sccc1/C=C/C=C(/C)c1cc2c(cc1C)C(C)(C)CCC2(C)C. The van der Waals surface area contributed by atoms with Crippen LogP contribution >= 0.6 is 11.3 Å². The van der Waals surface area contributed by atoms with Gasteiger partial charge in [-0.25, -0.2) is 4.79 Å². The lowest BCUT2D eigenvalue weighted by Crippen LogP contribution is -2.34. The number of esters is 1. The lowest BCUT2D eigenvalue weighted by molar-refractivity contribution is 0.0532. The molecule has 0 radical (unpaired) electrons. The first-order valence-electron chi connectivity index (χ1n) is 10.8. The van der Waals surface area contributed by atoms with Crippen LogP contribution in [0.2, 0.25) is 0 Å². The van der Waals surface area contributed by atoms with Gasteiger partial charge in [0.2, 0.25) is 0 Å². The first-order valence-corrected chi connectivity index (χ1v) is 11.7. The summed E-state index contributed by atoms with van der Waals surface area (Å²) >= 11 is 1.42. The molecule has 0 atom stereocenters. The van der Waals surface area contributed by atoms with E-state index in [9.17, 15) is 4.79 Å². The number of ether oxygens (including phenoxy) is 1. The van der Waals surface area contributed by atoms with Gasteiger partial charge in [-0.15, -0.1) is 11.3 Å². The number of benzene rings is 1. The van der Waals surface area contributed by atoms with Gasteiger partial charge in [0.1, 0.15) is 4.88 Å². The van der Waals surface area contributed by atoms with Crippen LogP contribution in [0.25, 0.3) is 11.6 Å². The number of hydrogen-bond acceptors (Lipinski definition) is 3. The number of aryl methyl sites for hydroxylation is 1. The third kappa shape index (κ3) is 4.46. The normalized spacial score (nSPS) is 17.8. The minimum absolute atomic E-state index is 0.203. The molecule has 1 aromatic carbocycles. The fourth-order valence-corrected chi connectivity index (χ4v) is 5.12. The molecule has 30 heavy (non-hydrogen) atoms. The molecule has 3 rings (SSSR count). The Morgan fingerprint density at radius 3 is 2.40 bits per heavy atom. The molecule has 0 spiro atoms. The van der Waals surface area contributed by atoms with E-state index in [-0.39, 0.29) is 16.8 Å². The number of carbonyl (C=O) groups excluding carboxylic acids is 1. The molecule has 160 valence electrons. The predicted octanol–water partition coefficient (Wildman–Crippen LogP) is 7.70. The van der Waals surface area contributed by atoms with E-state index in [1.807, 2.05) is 30.5 Å². The van der Waals surface area contributed by atoms with Crippen molar-refractivity contribution in [2.75, 3.05) is 6.61 Å². The quantitative estimate of drug-likeness (QED) is 0.364. The van der Waals surface area contributed by atoms with Gasteiger partial charge < -0.3 is 4.74 Å². The number of fused-ring (bicyclic) bond motifs is 1. The largest absolute Gasteiger partial charge is 0.462 e. The second kappa shape index (κ2) is 8.55. The maximum atomic E-state index is 12.1. The van der Waals surface area contributed by atoms with E-state index in [1.54, 1.807) is 0 Å². The van der Waals surface area contributed by atoms with Crippen molar-refractivity contribution >= 4 is 29.0 Å². The second-order valence-corrected chi connectivity index (χ2v) is 10.5. The Labute approximate surface area is 185 Å². The minimum atomic E-state index is -0.247. The molecule has 0 bridgehead atoms. The van der Waals surface area contributed by atoms with Crippen molar-refractivity contribution in [1.82, 2.24) is 0 Å². The van der Waals surface area contributed by atoms with E-state index in [2.05, 4.69) is 59.8 Å². The topological polar surface area (TPSA) is 26.3 Å². The highest BCUT2D eigenvalue weighted by molar-refractivity contribution is 7.12. The molecular formula is C27H34O2S. The number of carbonyl (C=O) groups is 1. The van der Waals surface area contributed by atoms with E-state index in [0.29, 0.717) is 11.5 Å². The zero-order valence-electron chi connectivity index (χ0n) is 19.4. The van der Waals surface area contributed by atoms with Crippen LogP contribution in [0.15, 0.2) is 35.7 Å². The number of rotatable bonds is 5. The van der Waals surface area contributed by atoms with Crippen molar-refractivity contribution in [3.63, 3.8) is 0 Å². The van der Waals surface area contributed by atoms with Crippen LogP contribution in [0.1, 0.15) is 91.9 Å². The van der Waals surface area contributed by atoms with Crippen molar-refractivity contribution in [3.8, 4) is 0 Å². The second-order valence-electron chi connectivity index (χ2n) is 9.61. The average Bonchev–Trinajstić information content (AvgIpc) is 3.14. The highest BCUT2D eigenvalue weighted by Crippen LogP contribution is 2.47. The van der Waals surface area contributed by atoms with Crippen molar-refractivity contribution in [2.45, 2.75) is 72.1 Å². The number of hydrogen-bond donors (Lipinski definition) is 0. The third-order valence-electron chi connectivity index (χ3n) is 6.40. The van der Waals surface area contributed by atoms with Crippen LogP contribution in [-0.2, 0) is 15.6 Å². The molecule has 0 amide bonds. The molecule has 0 saturated heterocycles. The van der Waals surface area contributed by atoms with E-state index in [0.717, 1.165) is 5.56 Å². The molecule has 1 aromatic heterocycles. The molecule has 2 aromatic rings. The van der Waals surface area contributed by atoms with Gasteiger partial charge in [0, 0.05) is 0 Å². The number of thiophene rings is 1. The average molecular weight is 423 g/mol. The summed E-state index contributed by atoms with van der Waals surface area (Å²) in [5, 5.41) is 1.93. The van der Waals surface area contributed by atoms with Gasteiger partial charge >= 0.3 is 5.97 Å². The van der Waals surface area contributed by atoms with Gasteiger partial charge in [-0.3, -0.25) is 0 Å². The zero-order valence-corrected chi connectivity index (χ0v) is 20.2. The fourth-order valence-electron chi connectivity index (χ4n) is 4.35. The predicted molar refractivity (Wildman–Crippen MR) is 129 cm³/mol. The van der Waals surface area contributed by atoms with Gasteiger partial charge in [0.25, 0.3) is 0 Å². The highest BCUT2D eigenvalue weighted by Gasteiger charge is 2.37. The molecule has 1 aliphatic carbocycles. The lowest BCUT2D eigenvalue weighted by atomic mass is 9.62. The fraction of sp³-hybridized carbons (Fsp3) is 0.444. The molecule has 0 N–H and O–H groups in total. The Morgan fingerprint density at radius 2 is 1.77 bits per heavy atom. The standard InChI is InChI=1S/C27H34O2S/c1-8-29-25(28)24-20(12-15-30-24)11-9-10-18(2)21-17-23-22(16-19(21)3)26(4,5)13-14-27(23,6)7/h9-12,15-17H,8,13-14H2,1-7H3/b11-9+,18-10-. The maximum absolute atomic E-state index is 12.1. The van der Waals surface area contributed by atoms with Gasteiger partial charge in [-0.2, -0.15) is 0 Å². The first kappa shape index (κ1) is 22.6. The van der Waals surface area contributed by atoms with Crippen molar-refractivity contribution in [2.24, 2.45) is 0 Å². The highest BCUT2D eigenvalue weighted by atomic mass is 32.1. The lowest BCUT2D eigenvalue weighted by Gasteiger charge is -2.42. The summed E-state index contributed by atoms with van der Waals surface area (Å²) < 4.78 is 5.15. The summed E-state index contributed by atoms with van der Waals surface area (Å²) in [4.78, 5) is 12.7. The molecule has 0 saturated carbocycles. The summed E-state index contributed by atoms with van der Waals surface area (Å²) in [6.45, 7) is 16.1. The Hall–Kier alpha value is -2.13. The Balaban J connectivity index is 1.92. The van der Waals surface area contributed by atoms with Crippen molar-refractivity contribution in [1.29, 1.82) is 0 Å². The van der Waals surface area contributed by atoms with E-state index >= 15 is 0 Å². The summed E-state index contributed by atoms with van der Waals surface area (Å²) in [6.07, 6.45) is 8.61. The van der Waals surface area contributed by atoms with Crippen molar-refractivity contribution < 1.29 is 9.53 Å². The summed E-state index contributed by atoms with van der Waals surface area (Å²) in [5.74, 6) is -0.247. The summed E-state index contributed by atoms with van der Waals surface area (Å²) in [5.41, 5.74) is 8.19. The van der Waals surface area contributed by atoms with Gasteiger partial charge in [0.05, 0.1) is 6.61 Å². The summed E-state index contributed by atoms with van der Waals surface area (Å²) in [6, 6.07) is 6.79. The molecule has 0 aliphatic heterocycles. The maximum Gasteiger partial charge on any atom is 0.348 e. The van der Waals surface area contributed by atoms with Gasteiger partial charge in [-0.05, 0) is 89.3 Å². The molecule has 3 heteroatoms. The summed E-state index contributed by atoms with van der Waals surface area (Å²) in [7, 11) is 0. The molecule has 0 unspecified atom stereocenters. The molecule has 2 nitrogen and oxygen atoms in total. The third-order valence-corrected chi connectivity index (χ3v) is 7.31. The van der Waals surface area contributed by atoms with Crippen LogP contribution in [-0.4, -0.2) is 12.6 Å². The van der Waals surface area contributed by atoms with Crippen LogP contribution in [0.5, 0.6) is 0 Å². The Morgan fingerprint density at radius 1 is 1.13 bits per heavy atom. The number of allylic oxidation sites excluding steroid dienone is 3. The van der Waals surface area contributed by atoms with E-state index in [4.69, 9.17) is 4.74 Å². The van der Waals surface area contributed by atoms with Crippen LogP contribution in [0.3, 0.4) is 0 Å². The van der Waals surface area contributed by atoms with Gasteiger partial charge in [-0.1, -0.05) is 58.1 Å². The molecular weight excluding hydrogens is 388 g/mol. The Kier molecular flexibility index (Phi) is 6.43. The monoisotopic (exact) mass is 422 g/mol. The molecule has 1 aliphatic rings. The zero-order chi connectivity index (χ0) is 22.1. The van der Waals surface area contributed by atoms with E-state index in [1.165, 1.54) is 52.0 Å². The minimum Gasteiger partial charge on any atom is -0.462 e. The Bertz CT molecular complexity index is 1000. The van der Waals surface area contributed by atoms with Gasteiger partial charge in [0.15, 0.2) is 0 Å². The van der Waals surface area contributed by atoms with Crippen LogP contribution in [0, 0.1) is 6.92 Å². The van der Waals surface area contributed by atoms with E-state index < -0.39 is 0 Å². The first-order chi connectivity index (χ1) is 14.1. The van der Waals surface area contributed by atoms with Crippen molar-refractivity contribution in [3.05, 3.63) is 68.4 Å². The molecule has 0 fully saturated rings. The van der Waals surface area contributed by atoms with Crippen LogP contribution in [0.4, 0.5) is 0 Å². The molecule has 1 heterocycles. The van der Waals surface area contributed by atoms with Crippen LogP contribution < -0.4 is 0 Å².